The van der Waals surface area contributed by atoms with Crippen molar-refractivity contribution in [1.29, 1.82) is 5.26 Å². The Morgan fingerprint density at radius 1 is 1.04 bits per heavy atom. The molecule has 0 spiro atoms. The second-order valence-corrected chi connectivity index (χ2v) is 11.8. The highest BCUT2D eigenvalue weighted by Gasteiger charge is 2.28. The van der Waals surface area contributed by atoms with E-state index in [1.54, 1.807) is 56.5 Å². The van der Waals surface area contributed by atoms with Gasteiger partial charge in [0.05, 0.1) is 10.6 Å². The minimum atomic E-state index is -1.19. The Morgan fingerprint density at radius 3 is 2.49 bits per heavy atom. The van der Waals surface area contributed by atoms with Crippen LogP contribution in [0.5, 0.6) is 5.75 Å². The molecule has 0 saturated heterocycles. The summed E-state index contributed by atoms with van der Waals surface area (Å²) in [7, 11) is 1.51. The minimum Gasteiger partial charge on any atom is -0.467 e. The number of hydrogen-bond donors (Lipinski definition) is 3. The lowest BCUT2D eigenvalue weighted by Crippen LogP contribution is -2.49. The van der Waals surface area contributed by atoms with Crippen molar-refractivity contribution in [3.05, 3.63) is 88.1 Å². The van der Waals surface area contributed by atoms with Gasteiger partial charge in [-0.05, 0) is 67.6 Å². The van der Waals surface area contributed by atoms with Gasteiger partial charge < -0.3 is 25.2 Å². The zero-order valence-corrected chi connectivity index (χ0v) is 26.1. The number of pyridine rings is 1. The van der Waals surface area contributed by atoms with Crippen molar-refractivity contribution in [2.24, 2.45) is 0 Å². The molecule has 0 atom stereocenters. The maximum atomic E-state index is 13.1. The Morgan fingerprint density at radius 2 is 1.82 bits per heavy atom. The fourth-order valence-corrected chi connectivity index (χ4v) is 5.08. The van der Waals surface area contributed by atoms with Crippen molar-refractivity contribution in [1.82, 2.24) is 15.2 Å². The van der Waals surface area contributed by atoms with Crippen LogP contribution in [-0.2, 0) is 16.1 Å². The lowest BCUT2D eigenvalue weighted by molar-refractivity contribution is -0.123. The van der Waals surface area contributed by atoms with Gasteiger partial charge in [0.1, 0.15) is 23.9 Å². The maximum absolute atomic E-state index is 13.1. The minimum absolute atomic E-state index is 0.00979. The predicted molar refractivity (Wildman–Crippen MR) is 171 cm³/mol. The van der Waals surface area contributed by atoms with Crippen LogP contribution in [-0.4, -0.2) is 58.9 Å². The molecule has 0 fully saturated rings. The van der Waals surface area contributed by atoms with E-state index in [0.29, 0.717) is 38.6 Å². The fraction of sp³-hybridized carbons (Fsp3) is 0.242. The molecule has 2 heterocycles. The van der Waals surface area contributed by atoms with E-state index in [4.69, 9.17) is 9.47 Å². The Bertz CT molecular complexity index is 1730. The summed E-state index contributed by atoms with van der Waals surface area (Å²) in [5.41, 5.74) is 2.34. The number of rotatable bonds is 11. The second kappa shape index (κ2) is 14.5. The summed E-state index contributed by atoms with van der Waals surface area (Å²) in [6, 6.07) is 21.8. The smallest absolute Gasteiger partial charge is 0.408 e. The number of benzene rings is 2. The van der Waals surface area contributed by atoms with Gasteiger partial charge in [-0.1, -0.05) is 36.4 Å². The summed E-state index contributed by atoms with van der Waals surface area (Å²) in [4.78, 5) is 43.6. The molecule has 232 valence electrons. The predicted octanol–water partition coefficient (Wildman–Crippen LogP) is 5.98. The number of hydrogen-bond acceptors (Lipinski definition) is 8. The third kappa shape index (κ3) is 8.23. The van der Waals surface area contributed by atoms with Crippen LogP contribution in [0, 0.1) is 11.3 Å². The first-order valence-corrected chi connectivity index (χ1v) is 14.8. The van der Waals surface area contributed by atoms with E-state index >= 15 is 0 Å². The molecule has 0 unspecified atom stereocenters. The quantitative estimate of drug-likeness (QED) is 0.172. The van der Waals surface area contributed by atoms with Crippen molar-refractivity contribution in [3.8, 4) is 34.2 Å². The molecule has 3 N–H and O–H groups in total. The van der Waals surface area contributed by atoms with E-state index in [-0.39, 0.29) is 31.3 Å². The molecule has 12 heteroatoms. The van der Waals surface area contributed by atoms with Crippen molar-refractivity contribution in [2.45, 2.75) is 32.9 Å². The molecule has 2 aromatic carbocycles. The van der Waals surface area contributed by atoms with Gasteiger partial charge in [-0.3, -0.25) is 14.5 Å². The van der Waals surface area contributed by atoms with E-state index in [1.165, 1.54) is 18.4 Å². The molecule has 0 radical (unpaired) electrons. The van der Waals surface area contributed by atoms with Crippen LogP contribution >= 0.6 is 11.3 Å². The molecular formula is C33H33N5O6S. The first kappa shape index (κ1) is 32.7. The molecule has 11 nitrogen and oxygen atoms in total. The fourth-order valence-electron chi connectivity index (χ4n) is 4.46. The van der Waals surface area contributed by atoms with E-state index in [1.807, 2.05) is 36.4 Å². The van der Waals surface area contributed by atoms with Crippen molar-refractivity contribution < 1.29 is 29.0 Å². The highest BCUT2D eigenvalue weighted by Crippen LogP contribution is 2.36. The topological polar surface area (TPSA) is 154 Å². The van der Waals surface area contributed by atoms with Crippen LogP contribution in [0.3, 0.4) is 0 Å². The van der Waals surface area contributed by atoms with Gasteiger partial charge in [0, 0.05) is 30.3 Å². The normalized spacial score (nSPS) is 10.9. The number of nitrogens with zero attached hydrogens (tertiary/aromatic N) is 3. The Labute approximate surface area is 265 Å². The lowest BCUT2D eigenvalue weighted by Gasteiger charge is -2.32. The van der Waals surface area contributed by atoms with Gasteiger partial charge in [-0.25, -0.2) is 9.78 Å². The number of amides is 3. The summed E-state index contributed by atoms with van der Waals surface area (Å²) < 4.78 is 10.8. The number of methoxy groups -OCH3 is 1. The molecule has 0 saturated carbocycles. The SMILES string of the molecule is COCOc1ccccc1-c1cc(-c2cccc(CNC(=O)CN(C(=O)O)C(C)(C)C)c2)c(C#N)c(NC(=O)c2cccs2)n1. The van der Waals surface area contributed by atoms with E-state index in [0.717, 1.165) is 4.90 Å². The summed E-state index contributed by atoms with van der Waals surface area (Å²) in [6.07, 6.45) is -1.19. The number of carbonyl (C=O) groups excluding carboxylic acids is 2. The summed E-state index contributed by atoms with van der Waals surface area (Å²) in [5, 5.41) is 27.2. The number of carbonyl (C=O) groups is 3. The third-order valence-corrected chi connectivity index (χ3v) is 7.54. The van der Waals surface area contributed by atoms with Crippen molar-refractivity contribution in [3.63, 3.8) is 0 Å². The van der Waals surface area contributed by atoms with Crippen LogP contribution < -0.4 is 15.4 Å². The Balaban J connectivity index is 1.72. The second-order valence-electron chi connectivity index (χ2n) is 10.9. The number of ether oxygens (including phenoxy) is 2. The van der Waals surface area contributed by atoms with Gasteiger partial charge >= 0.3 is 6.09 Å². The van der Waals surface area contributed by atoms with Crippen LogP contribution in [0.15, 0.2) is 72.1 Å². The zero-order chi connectivity index (χ0) is 32.6. The van der Waals surface area contributed by atoms with Crippen molar-refractivity contribution >= 4 is 35.1 Å². The average molecular weight is 628 g/mol. The van der Waals surface area contributed by atoms with Gasteiger partial charge in [0.2, 0.25) is 5.91 Å². The third-order valence-electron chi connectivity index (χ3n) is 6.67. The van der Waals surface area contributed by atoms with Gasteiger partial charge in [0.15, 0.2) is 12.6 Å². The lowest BCUT2D eigenvalue weighted by atomic mass is 9.96. The van der Waals surface area contributed by atoms with Gasteiger partial charge in [-0.2, -0.15) is 5.26 Å². The van der Waals surface area contributed by atoms with Crippen LogP contribution in [0.25, 0.3) is 22.4 Å². The molecule has 0 bridgehead atoms. The number of thiophene rings is 1. The highest BCUT2D eigenvalue weighted by atomic mass is 32.1. The number of nitrogens with one attached hydrogen (secondary N) is 2. The maximum Gasteiger partial charge on any atom is 0.408 e. The largest absolute Gasteiger partial charge is 0.467 e. The van der Waals surface area contributed by atoms with Gasteiger partial charge in [-0.15, -0.1) is 11.3 Å². The molecule has 0 aliphatic carbocycles. The van der Waals surface area contributed by atoms with E-state index in [9.17, 15) is 24.8 Å². The summed E-state index contributed by atoms with van der Waals surface area (Å²) in [6.45, 7) is 4.96. The highest BCUT2D eigenvalue weighted by molar-refractivity contribution is 7.12. The molecular weight excluding hydrogens is 594 g/mol. The van der Waals surface area contributed by atoms with Crippen LogP contribution in [0.2, 0.25) is 0 Å². The Hall–Kier alpha value is -5.25. The number of carboxylic acid groups (broad SMARTS) is 1. The molecule has 4 rings (SSSR count). The zero-order valence-electron chi connectivity index (χ0n) is 25.3. The molecule has 4 aromatic rings. The standard InChI is InChI=1S/C33H33N5O6S/c1-33(2,3)38(32(41)42)19-29(39)35-18-21-9-7-10-22(15-21)24-16-26(23-11-5-6-12-27(23)44-20-43-4)36-30(25(24)17-34)37-31(40)28-13-8-14-45-28/h5-16H,18-20H2,1-4H3,(H,35,39)(H,41,42)(H,36,37,40). The van der Waals surface area contributed by atoms with Crippen LogP contribution in [0.4, 0.5) is 10.6 Å². The van der Waals surface area contributed by atoms with E-state index in [2.05, 4.69) is 21.7 Å². The Kier molecular flexibility index (Phi) is 10.5. The van der Waals surface area contributed by atoms with Gasteiger partial charge in [0.25, 0.3) is 5.91 Å². The molecule has 0 aliphatic heterocycles. The first-order chi connectivity index (χ1) is 21.5. The number of para-hydroxylation sites is 1. The van der Waals surface area contributed by atoms with Crippen LogP contribution in [0.1, 0.15) is 41.6 Å². The molecule has 3 amide bonds. The molecule has 2 aromatic heterocycles. The number of nitriles is 1. The summed E-state index contributed by atoms with van der Waals surface area (Å²) >= 11 is 1.27. The van der Waals surface area contributed by atoms with Crippen molar-refractivity contribution in [2.75, 3.05) is 25.8 Å². The number of aromatic nitrogens is 1. The monoisotopic (exact) mass is 627 g/mol. The van der Waals surface area contributed by atoms with E-state index < -0.39 is 23.4 Å². The summed E-state index contributed by atoms with van der Waals surface area (Å²) in [5.74, 6) is -0.268. The average Bonchev–Trinajstić information content (AvgIpc) is 3.56. The number of anilines is 1. The first-order valence-electron chi connectivity index (χ1n) is 13.9. The molecule has 0 aliphatic rings. The molecule has 45 heavy (non-hydrogen) atoms.